The van der Waals surface area contributed by atoms with Gasteiger partial charge in [-0.25, -0.2) is 18.1 Å². The van der Waals surface area contributed by atoms with Gasteiger partial charge in [0, 0.05) is 49.5 Å². The molecule has 1 aliphatic heterocycles. The summed E-state index contributed by atoms with van der Waals surface area (Å²) in [7, 11) is -4.44. The summed E-state index contributed by atoms with van der Waals surface area (Å²) in [6.45, 7) is 10.8. The van der Waals surface area contributed by atoms with E-state index in [4.69, 9.17) is 38.4 Å². The smallest absolute Gasteiger partial charge is 0.268 e. The van der Waals surface area contributed by atoms with Crippen LogP contribution in [0.1, 0.15) is 81.6 Å². The summed E-state index contributed by atoms with van der Waals surface area (Å²) >= 11 is 12.7. The number of aromatic amines is 1. The van der Waals surface area contributed by atoms with Gasteiger partial charge in [-0.15, -0.1) is 0 Å². The van der Waals surface area contributed by atoms with Crippen LogP contribution in [0.5, 0.6) is 17.4 Å². The van der Waals surface area contributed by atoms with E-state index in [1.54, 1.807) is 36.4 Å². The van der Waals surface area contributed by atoms with Crippen molar-refractivity contribution in [3.05, 3.63) is 99.7 Å². The number of halogens is 2. The Kier molecular flexibility index (Phi) is 12.5. The molecule has 0 spiro atoms. The lowest BCUT2D eigenvalue weighted by atomic mass is 9.72. The fourth-order valence-electron chi connectivity index (χ4n) is 8.71. The molecule has 5 aromatic rings. The number of rotatable bonds is 12. The highest BCUT2D eigenvalue weighted by Crippen LogP contribution is 2.44. The number of anilines is 2. The molecule has 13 nitrogen and oxygen atoms in total. The Bertz CT molecular complexity index is 2600. The fourth-order valence-corrected chi connectivity index (χ4v) is 10.1. The number of piperazine rings is 1. The molecular formula is C46H53Cl2N7O6S. The number of pyridine rings is 1. The predicted octanol–water partition coefficient (Wildman–Crippen LogP) is 8.86. The molecule has 8 rings (SSSR count). The molecule has 1 saturated carbocycles. The van der Waals surface area contributed by atoms with Crippen LogP contribution in [-0.4, -0.2) is 84.4 Å². The molecule has 16 heteroatoms. The molecule has 3 aromatic carbocycles. The van der Waals surface area contributed by atoms with E-state index < -0.39 is 21.5 Å². The third kappa shape index (κ3) is 10.00. The zero-order chi connectivity index (χ0) is 43.8. The number of amides is 1. The predicted molar refractivity (Wildman–Crippen MR) is 244 cm³/mol. The van der Waals surface area contributed by atoms with Gasteiger partial charge in [0.25, 0.3) is 15.9 Å². The average molecular weight is 903 g/mol. The number of nitrogens with one attached hydrogen (secondary N) is 2. The van der Waals surface area contributed by atoms with Crippen LogP contribution in [0, 0.1) is 11.3 Å². The topological polar surface area (TPSA) is 176 Å². The maximum absolute atomic E-state index is 14.0. The van der Waals surface area contributed by atoms with Gasteiger partial charge in [0.15, 0.2) is 5.82 Å². The van der Waals surface area contributed by atoms with Gasteiger partial charge in [0.1, 0.15) is 21.4 Å². The number of benzene rings is 3. The standard InChI is InChI=1S/C46H53Cl2N7O6S/c1-45(2)16-15-31(36(25-45)30-7-9-32(47)10-8-30)27-54-19-21-55(22-20-54)33-11-12-35(40(23-33)61-39-6-4-5-38-41(39)42(49)52-51-38)43(56)53-62(58,59)34-24-37(48)44(50-26-34)60-28-29-13-17-46(3,57)18-14-29/h4-12,23-24,26,29,57H,13-22,25,27-28H2,1-3H3,(H,53,56)(H3,49,51,52)/t29-,46+. The minimum Gasteiger partial charge on any atom is -0.476 e. The van der Waals surface area contributed by atoms with E-state index in [1.165, 1.54) is 22.8 Å². The highest BCUT2D eigenvalue weighted by molar-refractivity contribution is 7.90. The third-order valence-corrected chi connectivity index (χ3v) is 14.3. The Hall–Kier alpha value is -4.86. The van der Waals surface area contributed by atoms with Crippen LogP contribution in [0.15, 0.2) is 83.4 Å². The SMILES string of the molecule is CC1(C)CCC(CN2CCN(c3ccc(C(=O)NS(=O)(=O)c4cnc(OC[C@H]5CC[C@@](C)(O)CC5)c(Cl)c4)c(Oc4cccc5[nH]nc(N)c45)c3)CC2)=C(c2ccc(Cl)cc2)C1. The summed E-state index contributed by atoms with van der Waals surface area (Å²) in [5, 5.41) is 18.5. The van der Waals surface area contributed by atoms with E-state index in [1.807, 2.05) is 19.1 Å². The van der Waals surface area contributed by atoms with Crippen LogP contribution in [0.4, 0.5) is 11.5 Å². The molecule has 1 saturated heterocycles. The molecule has 3 heterocycles. The Balaban J connectivity index is 0.993. The summed E-state index contributed by atoms with van der Waals surface area (Å²) in [4.78, 5) is 22.6. The number of allylic oxidation sites excluding steroid dienone is 1. The maximum Gasteiger partial charge on any atom is 0.268 e. The molecule has 0 atom stereocenters. The molecule has 62 heavy (non-hydrogen) atoms. The Morgan fingerprint density at radius 3 is 2.45 bits per heavy atom. The molecule has 2 aromatic heterocycles. The lowest BCUT2D eigenvalue weighted by Gasteiger charge is -2.39. The van der Waals surface area contributed by atoms with Gasteiger partial charge < -0.3 is 25.2 Å². The second-order valence-corrected chi connectivity index (χ2v) is 20.4. The van der Waals surface area contributed by atoms with Crippen LogP contribution in [-0.2, 0) is 10.0 Å². The summed E-state index contributed by atoms with van der Waals surface area (Å²) in [6, 6.07) is 19.8. The lowest BCUT2D eigenvalue weighted by Crippen LogP contribution is -2.47. The number of hydrogen-bond acceptors (Lipinski definition) is 11. The molecule has 0 bridgehead atoms. The summed E-state index contributed by atoms with van der Waals surface area (Å²) < 4.78 is 41.8. The Morgan fingerprint density at radius 2 is 1.73 bits per heavy atom. The zero-order valence-electron chi connectivity index (χ0n) is 35.2. The molecule has 328 valence electrons. The number of nitrogens with two attached hydrogens (primary N) is 1. The normalized spacial score (nSPS) is 20.9. The summed E-state index contributed by atoms with van der Waals surface area (Å²) in [5.74, 6) is 0.0967. The van der Waals surface area contributed by atoms with Gasteiger partial charge in [-0.1, -0.05) is 60.8 Å². The number of fused-ring (bicyclic) bond motifs is 1. The van der Waals surface area contributed by atoms with Gasteiger partial charge in [-0.3, -0.25) is 14.8 Å². The van der Waals surface area contributed by atoms with Crippen LogP contribution >= 0.6 is 23.2 Å². The monoisotopic (exact) mass is 901 g/mol. The minimum absolute atomic E-state index is 0.0104. The zero-order valence-corrected chi connectivity index (χ0v) is 37.5. The molecule has 2 aliphatic carbocycles. The highest BCUT2D eigenvalue weighted by atomic mass is 35.5. The van der Waals surface area contributed by atoms with Crippen molar-refractivity contribution in [2.45, 2.75) is 76.2 Å². The second-order valence-electron chi connectivity index (χ2n) is 17.9. The van der Waals surface area contributed by atoms with Gasteiger partial charge in [-0.05, 0) is 117 Å². The number of aromatic nitrogens is 3. The minimum atomic E-state index is -4.44. The van der Waals surface area contributed by atoms with E-state index in [0.717, 1.165) is 81.7 Å². The van der Waals surface area contributed by atoms with Crippen LogP contribution < -0.4 is 24.8 Å². The first-order valence-electron chi connectivity index (χ1n) is 21.1. The molecule has 2 fully saturated rings. The van der Waals surface area contributed by atoms with Gasteiger partial charge in [0.05, 0.1) is 34.9 Å². The van der Waals surface area contributed by atoms with E-state index in [0.29, 0.717) is 36.1 Å². The van der Waals surface area contributed by atoms with Crippen molar-refractivity contribution in [1.29, 1.82) is 0 Å². The quantitative estimate of drug-likeness (QED) is 0.0941. The molecule has 0 radical (unpaired) electrons. The van der Waals surface area contributed by atoms with E-state index >= 15 is 0 Å². The number of nitrogen functional groups attached to an aromatic ring is 1. The molecule has 3 aliphatic rings. The number of aliphatic hydroxyl groups is 1. The van der Waals surface area contributed by atoms with Crippen molar-refractivity contribution in [3.63, 3.8) is 0 Å². The van der Waals surface area contributed by atoms with Crippen molar-refractivity contribution < 1.29 is 27.8 Å². The van der Waals surface area contributed by atoms with Crippen LogP contribution in [0.3, 0.4) is 0 Å². The van der Waals surface area contributed by atoms with Crippen molar-refractivity contribution in [3.8, 4) is 17.4 Å². The van der Waals surface area contributed by atoms with Gasteiger partial charge in [-0.2, -0.15) is 5.10 Å². The highest BCUT2D eigenvalue weighted by Gasteiger charge is 2.32. The number of ether oxygens (including phenoxy) is 2. The van der Waals surface area contributed by atoms with Crippen LogP contribution in [0.25, 0.3) is 16.5 Å². The number of carbonyl (C=O) groups excluding carboxylic acids is 1. The largest absolute Gasteiger partial charge is 0.476 e. The fraction of sp³-hybridized carbons (Fsp3) is 0.413. The first kappa shape index (κ1) is 43.8. The Morgan fingerprint density at radius 1 is 0.984 bits per heavy atom. The van der Waals surface area contributed by atoms with Crippen molar-refractivity contribution in [1.82, 2.24) is 24.8 Å². The van der Waals surface area contributed by atoms with Gasteiger partial charge in [0.2, 0.25) is 5.88 Å². The van der Waals surface area contributed by atoms with E-state index in [9.17, 15) is 18.3 Å². The molecular weight excluding hydrogens is 850 g/mol. The van der Waals surface area contributed by atoms with E-state index in [2.05, 4.69) is 55.7 Å². The molecule has 0 unspecified atom stereocenters. The average Bonchev–Trinajstić information content (AvgIpc) is 3.62. The third-order valence-electron chi connectivity index (χ3n) is 12.5. The molecule has 5 N–H and O–H groups in total. The van der Waals surface area contributed by atoms with Crippen molar-refractivity contribution in [2.75, 3.05) is 50.0 Å². The van der Waals surface area contributed by atoms with Gasteiger partial charge >= 0.3 is 0 Å². The number of sulfonamides is 1. The number of carbonyl (C=O) groups is 1. The van der Waals surface area contributed by atoms with E-state index in [-0.39, 0.29) is 44.3 Å². The Labute approximate surface area is 372 Å². The van der Waals surface area contributed by atoms with Crippen LogP contribution in [0.2, 0.25) is 10.0 Å². The number of nitrogens with zero attached hydrogens (tertiary/aromatic N) is 4. The van der Waals surface area contributed by atoms with Crippen molar-refractivity contribution in [2.24, 2.45) is 11.3 Å². The summed E-state index contributed by atoms with van der Waals surface area (Å²) in [6.07, 6.45) is 7.24. The maximum atomic E-state index is 14.0. The molecule has 1 amide bonds. The summed E-state index contributed by atoms with van der Waals surface area (Å²) in [5.41, 5.74) is 11.3. The number of H-pyrrole nitrogens is 1. The lowest BCUT2D eigenvalue weighted by molar-refractivity contribution is 0.00127. The second kappa shape index (κ2) is 17.7. The first-order valence-corrected chi connectivity index (χ1v) is 23.3. The van der Waals surface area contributed by atoms with Crippen molar-refractivity contribution >= 4 is 67.1 Å². The first-order chi connectivity index (χ1) is 29.5. The number of hydrogen-bond donors (Lipinski definition) is 4.